The van der Waals surface area contributed by atoms with Crippen LogP contribution in [0, 0.1) is 0 Å². The number of ether oxygens (including phenoxy) is 2. The Labute approximate surface area is 110 Å². The molecule has 0 heterocycles. The number of nitrogens with two attached hydrogens (primary N) is 1. The van der Waals surface area contributed by atoms with Crippen LogP contribution in [0.15, 0.2) is 0 Å². The zero-order valence-electron chi connectivity index (χ0n) is 12.0. The minimum Gasteiger partial charge on any atom is -0.379 e. The van der Waals surface area contributed by atoms with Crippen LogP contribution in [-0.4, -0.2) is 44.4 Å². The Morgan fingerprint density at radius 2 is 1.83 bits per heavy atom. The van der Waals surface area contributed by atoms with Crippen LogP contribution in [0.3, 0.4) is 0 Å². The van der Waals surface area contributed by atoms with Gasteiger partial charge in [0.1, 0.15) is 5.54 Å². The first-order valence-corrected chi connectivity index (χ1v) is 6.77. The van der Waals surface area contributed by atoms with Gasteiger partial charge in [0.05, 0.1) is 19.8 Å². The zero-order chi connectivity index (χ0) is 13.9. The summed E-state index contributed by atoms with van der Waals surface area (Å²) >= 11 is 0. The maximum atomic E-state index is 11.4. The fraction of sp³-hybridized carbons (Fsp3) is 0.923. The van der Waals surface area contributed by atoms with Crippen molar-refractivity contribution in [1.29, 1.82) is 0 Å². The van der Waals surface area contributed by atoms with E-state index in [1.165, 1.54) is 0 Å². The molecular weight excluding hydrogens is 232 g/mol. The first kappa shape index (κ1) is 17.4. The maximum absolute atomic E-state index is 11.4. The zero-order valence-corrected chi connectivity index (χ0v) is 12.0. The Balaban J connectivity index is 3.73. The monoisotopic (exact) mass is 260 g/mol. The molecule has 0 radical (unpaired) electrons. The molecule has 1 atom stereocenters. The maximum Gasteiger partial charge on any atom is 0.239 e. The molecule has 0 aliphatic heterocycles. The van der Waals surface area contributed by atoms with Gasteiger partial charge in [0, 0.05) is 6.61 Å². The molecule has 0 aliphatic carbocycles. The number of unbranched alkanes of at least 4 members (excludes halogenated alkanes) is 1. The van der Waals surface area contributed by atoms with Crippen molar-refractivity contribution in [1.82, 2.24) is 5.32 Å². The van der Waals surface area contributed by atoms with Gasteiger partial charge in [-0.3, -0.25) is 4.79 Å². The summed E-state index contributed by atoms with van der Waals surface area (Å²) in [5, 5.41) is 3.12. The molecule has 1 unspecified atom stereocenters. The van der Waals surface area contributed by atoms with Crippen molar-refractivity contribution in [3.8, 4) is 0 Å². The van der Waals surface area contributed by atoms with Gasteiger partial charge in [-0.15, -0.1) is 0 Å². The molecule has 0 aliphatic rings. The molecule has 18 heavy (non-hydrogen) atoms. The number of carbonyl (C=O) groups is 1. The van der Waals surface area contributed by atoms with Gasteiger partial charge in [-0.1, -0.05) is 20.3 Å². The summed E-state index contributed by atoms with van der Waals surface area (Å²) in [5.41, 5.74) is 4.59. The number of hydrogen-bond donors (Lipinski definition) is 2. The third kappa shape index (κ3) is 7.63. The van der Waals surface area contributed by atoms with Crippen LogP contribution in [-0.2, 0) is 14.3 Å². The van der Waals surface area contributed by atoms with E-state index < -0.39 is 5.54 Å². The molecule has 0 rings (SSSR count). The standard InChI is InChI=1S/C13H28N2O3/c1-4-6-8-17-9-10-18-11-13(3,12(14)16)15-7-5-2/h15H,4-11H2,1-3H3,(H2,14,16). The molecule has 0 saturated heterocycles. The lowest BCUT2D eigenvalue weighted by Crippen LogP contribution is -2.56. The van der Waals surface area contributed by atoms with Crippen LogP contribution in [0.25, 0.3) is 0 Å². The third-order valence-electron chi connectivity index (χ3n) is 2.71. The number of carbonyl (C=O) groups excluding carboxylic acids is 1. The van der Waals surface area contributed by atoms with E-state index in [0.29, 0.717) is 13.2 Å². The molecule has 0 aromatic rings. The van der Waals surface area contributed by atoms with E-state index in [0.717, 1.165) is 32.4 Å². The summed E-state index contributed by atoms with van der Waals surface area (Å²) in [4.78, 5) is 11.4. The summed E-state index contributed by atoms with van der Waals surface area (Å²) in [5.74, 6) is -0.386. The lowest BCUT2D eigenvalue weighted by atomic mass is 10.0. The highest BCUT2D eigenvalue weighted by atomic mass is 16.5. The number of hydrogen-bond acceptors (Lipinski definition) is 4. The van der Waals surface area contributed by atoms with Gasteiger partial charge in [-0.05, 0) is 26.3 Å². The predicted molar refractivity (Wildman–Crippen MR) is 72.4 cm³/mol. The summed E-state index contributed by atoms with van der Waals surface area (Å²) < 4.78 is 10.8. The van der Waals surface area contributed by atoms with Crippen molar-refractivity contribution in [3.63, 3.8) is 0 Å². The second-order valence-corrected chi connectivity index (χ2v) is 4.64. The van der Waals surface area contributed by atoms with Gasteiger partial charge in [0.2, 0.25) is 5.91 Å². The molecule has 0 spiro atoms. The van der Waals surface area contributed by atoms with Crippen LogP contribution in [0.1, 0.15) is 40.0 Å². The van der Waals surface area contributed by atoms with Gasteiger partial charge >= 0.3 is 0 Å². The van der Waals surface area contributed by atoms with Crippen molar-refractivity contribution in [2.75, 3.05) is 33.0 Å². The molecule has 5 heteroatoms. The van der Waals surface area contributed by atoms with Crippen LogP contribution in [0.4, 0.5) is 0 Å². The topological polar surface area (TPSA) is 73.6 Å². The van der Waals surface area contributed by atoms with E-state index in [-0.39, 0.29) is 12.5 Å². The second-order valence-electron chi connectivity index (χ2n) is 4.64. The minimum atomic E-state index is -0.792. The molecule has 3 N–H and O–H groups in total. The van der Waals surface area contributed by atoms with E-state index in [2.05, 4.69) is 12.2 Å². The Bertz CT molecular complexity index is 224. The highest BCUT2D eigenvalue weighted by Crippen LogP contribution is 2.04. The SMILES string of the molecule is CCCCOCCOCC(C)(NCCC)C(N)=O. The van der Waals surface area contributed by atoms with Crippen molar-refractivity contribution in [3.05, 3.63) is 0 Å². The van der Waals surface area contributed by atoms with E-state index in [9.17, 15) is 4.79 Å². The number of rotatable bonds is 12. The minimum absolute atomic E-state index is 0.277. The molecule has 108 valence electrons. The van der Waals surface area contributed by atoms with Crippen LogP contribution in [0.2, 0.25) is 0 Å². The van der Waals surface area contributed by atoms with Crippen molar-refractivity contribution >= 4 is 5.91 Å². The number of primary amides is 1. The first-order valence-electron chi connectivity index (χ1n) is 6.77. The normalized spacial score (nSPS) is 14.4. The third-order valence-corrected chi connectivity index (χ3v) is 2.71. The molecule has 1 amide bonds. The van der Waals surface area contributed by atoms with Crippen molar-refractivity contribution in [2.45, 2.75) is 45.6 Å². The Kier molecular flexibility index (Phi) is 9.92. The molecule has 0 saturated carbocycles. The highest BCUT2D eigenvalue weighted by molar-refractivity contribution is 5.84. The smallest absolute Gasteiger partial charge is 0.239 e. The molecule has 0 bridgehead atoms. The summed E-state index contributed by atoms with van der Waals surface area (Å²) in [6.45, 7) is 8.76. The lowest BCUT2D eigenvalue weighted by Gasteiger charge is -2.27. The predicted octanol–water partition coefficient (Wildman–Crippen LogP) is 1.06. The van der Waals surface area contributed by atoms with Crippen LogP contribution >= 0.6 is 0 Å². The van der Waals surface area contributed by atoms with E-state index in [4.69, 9.17) is 15.2 Å². The average Bonchev–Trinajstić information content (AvgIpc) is 2.35. The van der Waals surface area contributed by atoms with Gasteiger partial charge in [-0.25, -0.2) is 0 Å². The summed E-state index contributed by atoms with van der Waals surface area (Å²) in [6.07, 6.45) is 3.14. The van der Waals surface area contributed by atoms with E-state index in [1.807, 2.05) is 6.92 Å². The Morgan fingerprint density at radius 3 is 2.39 bits per heavy atom. The fourth-order valence-corrected chi connectivity index (χ4v) is 1.35. The lowest BCUT2D eigenvalue weighted by molar-refractivity contribution is -0.126. The van der Waals surface area contributed by atoms with Gasteiger partial charge in [0.25, 0.3) is 0 Å². The van der Waals surface area contributed by atoms with Crippen LogP contribution < -0.4 is 11.1 Å². The highest BCUT2D eigenvalue weighted by Gasteiger charge is 2.30. The van der Waals surface area contributed by atoms with Crippen molar-refractivity contribution in [2.24, 2.45) is 5.73 Å². The average molecular weight is 260 g/mol. The number of amides is 1. The molecule has 0 aromatic carbocycles. The van der Waals surface area contributed by atoms with Gasteiger partial charge in [0.15, 0.2) is 0 Å². The fourth-order valence-electron chi connectivity index (χ4n) is 1.35. The molecule has 0 aromatic heterocycles. The molecular formula is C13H28N2O3. The summed E-state index contributed by atoms with van der Waals surface area (Å²) in [7, 11) is 0. The Morgan fingerprint density at radius 1 is 1.17 bits per heavy atom. The second kappa shape index (κ2) is 10.3. The van der Waals surface area contributed by atoms with Crippen LogP contribution in [0.5, 0.6) is 0 Å². The van der Waals surface area contributed by atoms with Crippen molar-refractivity contribution < 1.29 is 14.3 Å². The summed E-state index contributed by atoms with van der Waals surface area (Å²) in [6, 6.07) is 0. The molecule has 5 nitrogen and oxygen atoms in total. The number of nitrogens with one attached hydrogen (secondary N) is 1. The van der Waals surface area contributed by atoms with Gasteiger partial charge in [-0.2, -0.15) is 0 Å². The quantitative estimate of drug-likeness (QED) is 0.515. The Hall–Kier alpha value is -0.650. The van der Waals surface area contributed by atoms with E-state index >= 15 is 0 Å². The van der Waals surface area contributed by atoms with Gasteiger partial charge < -0.3 is 20.5 Å². The molecule has 0 fully saturated rings. The first-order chi connectivity index (χ1) is 8.56. The largest absolute Gasteiger partial charge is 0.379 e. The van der Waals surface area contributed by atoms with E-state index in [1.54, 1.807) is 6.92 Å².